The van der Waals surface area contributed by atoms with Crippen LogP contribution in [0.2, 0.25) is 4.47 Å². The summed E-state index contributed by atoms with van der Waals surface area (Å²) in [6.45, 7) is 0. The lowest BCUT2D eigenvalue weighted by atomic mass is 10.1. The van der Waals surface area contributed by atoms with Gasteiger partial charge in [-0.1, -0.05) is 41.9 Å². The van der Waals surface area contributed by atoms with Crippen LogP contribution in [0.1, 0.15) is 22.2 Å². The summed E-state index contributed by atoms with van der Waals surface area (Å²) < 4.78 is 43.5. The standard InChI is InChI=1S/C12H6Cl2F3NO2S/c13-10-18-9(12(15,16)17)8(21-10)7(20-11(14)19)6-4-2-1-3-5-6/h1-5,7H. The fourth-order valence-electron chi connectivity index (χ4n) is 1.68. The van der Waals surface area contributed by atoms with Crippen molar-refractivity contribution in [2.75, 3.05) is 0 Å². The topological polar surface area (TPSA) is 39.2 Å². The van der Waals surface area contributed by atoms with Crippen LogP contribution >= 0.6 is 34.5 Å². The molecule has 0 aliphatic carbocycles. The highest BCUT2D eigenvalue weighted by Gasteiger charge is 2.40. The molecule has 2 rings (SSSR count). The first-order valence-corrected chi connectivity index (χ1v) is 7.00. The third-order valence-electron chi connectivity index (χ3n) is 2.45. The van der Waals surface area contributed by atoms with E-state index < -0.39 is 23.4 Å². The van der Waals surface area contributed by atoms with Crippen LogP contribution in [0.4, 0.5) is 18.0 Å². The summed E-state index contributed by atoms with van der Waals surface area (Å²) >= 11 is 11.3. The van der Waals surface area contributed by atoms with Crippen LogP contribution in [-0.2, 0) is 10.9 Å². The number of nitrogens with zero attached hydrogens (tertiary/aromatic N) is 1. The predicted octanol–water partition coefficient (Wildman–Crippen LogP) is 5.28. The van der Waals surface area contributed by atoms with Crippen molar-refractivity contribution in [1.29, 1.82) is 0 Å². The Hall–Kier alpha value is -1.31. The Morgan fingerprint density at radius 2 is 1.90 bits per heavy atom. The van der Waals surface area contributed by atoms with Crippen LogP contribution in [0.15, 0.2) is 30.3 Å². The van der Waals surface area contributed by atoms with Gasteiger partial charge in [0.15, 0.2) is 16.3 Å². The van der Waals surface area contributed by atoms with Gasteiger partial charge in [0, 0.05) is 11.6 Å². The van der Waals surface area contributed by atoms with Crippen molar-refractivity contribution >= 4 is 40.0 Å². The lowest BCUT2D eigenvalue weighted by Gasteiger charge is -2.17. The van der Waals surface area contributed by atoms with Gasteiger partial charge in [0.25, 0.3) is 0 Å². The maximum atomic E-state index is 13.0. The highest BCUT2D eigenvalue weighted by Crippen LogP contribution is 2.42. The third-order valence-corrected chi connectivity index (χ3v) is 3.74. The van der Waals surface area contributed by atoms with E-state index >= 15 is 0 Å². The van der Waals surface area contributed by atoms with E-state index in [-0.39, 0.29) is 9.34 Å². The highest BCUT2D eigenvalue weighted by molar-refractivity contribution is 7.16. The van der Waals surface area contributed by atoms with Crippen LogP contribution in [0.25, 0.3) is 0 Å². The Morgan fingerprint density at radius 1 is 1.29 bits per heavy atom. The van der Waals surface area contributed by atoms with E-state index in [4.69, 9.17) is 27.9 Å². The number of rotatable bonds is 3. The number of alkyl halides is 3. The molecule has 0 spiro atoms. The summed E-state index contributed by atoms with van der Waals surface area (Å²) in [4.78, 5) is 13.9. The summed E-state index contributed by atoms with van der Waals surface area (Å²) in [6.07, 6.45) is -6.04. The maximum Gasteiger partial charge on any atom is 0.434 e. The van der Waals surface area contributed by atoms with E-state index in [0.717, 1.165) is 0 Å². The molecule has 0 amide bonds. The fraction of sp³-hybridized carbons (Fsp3) is 0.167. The fourth-order valence-corrected chi connectivity index (χ4v) is 2.97. The molecule has 0 aliphatic heterocycles. The van der Waals surface area contributed by atoms with E-state index in [9.17, 15) is 18.0 Å². The molecule has 1 heterocycles. The average molecular weight is 356 g/mol. The average Bonchev–Trinajstić information content (AvgIpc) is 2.79. The van der Waals surface area contributed by atoms with Gasteiger partial charge in [0.05, 0.1) is 4.88 Å². The molecule has 1 aromatic carbocycles. The number of aromatic nitrogens is 1. The van der Waals surface area contributed by atoms with Crippen LogP contribution in [0.5, 0.6) is 0 Å². The van der Waals surface area contributed by atoms with Gasteiger partial charge in [-0.05, 0) is 5.56 Å². The molecule has 112 valence electrons. The maximum absolute atomic E-state index is 13.0. The minimum absolute atomic E-state index is 0.302. The van der Waals surface area contributed by atoms with Crippen LogP contribution in [0, 0.1) is 0 Å². The number of hydrogen-bond acceptors (Lipinski definition) is 4. The second-order valence-corrected chi connectivity index (χ2v) is 5.75. The lowest BCUT2D eigenvalue weighted by molar-refractivity contribution is -0.142. The second kappa shape index (κ2) is 6.21. The van der Waals surface area contributed by atoms with E-state index in [1.54, 1.807) is 18.2 Å². The zero-order chi connectivity index (χ0) is 15.6. The molecule has 1 aromatic heterocycles. The molecule has 9 heteroatoms. The molecule has 0 fully saturated rings. The number of hydrogen-bond donors (Lipinski definition) is 0. The van der Waals surface area contributed by atoms with Crippen molar-refractivity contribution in [2.24, 2.45) is 0 Å². The lowest BCUT2D eigenvalue weighted by Crippen LogP contribution is -2.14. The first-order chi connectivity index (χ1) is 9.79. The Labute approximate surface area is 131 Å². The van der Waals surface area contributed by atoms with E-state index in [2.05, 4.69) is 4.98 Å². The summed E-state index contributed by atoms with van der Waals surface area (Å²) in [5.74, 6) is 0. The number of ether oxygens (including phenoxy) is 1. The quantitative estimate of drug-likeness (QED) is 0.703. The Morgan fingerprint density at radius 3 is 2.43 bits per heavy atom. The first kappa shape index (κ1) is 16.1. The van der Waals surface area contributed by atoms with Gasteiger partial charge in [-0.2, -0.15) is 13.2 Å². The largest absolute Gasteiger partial charge is 0.440 e. The van der Waals surface area contributed by atoms with Crippen molar-refractivity contribution < 1.29 is 22.7 Å². The molecule has 21 heavy (non-hydrogen) atoms. The molecular formula is C12H6Cl2F3NO2S. The molecule has 1 unspecified atom stereocenters. The van der Waals surface area contributed by atoms with E-state index in [0.29, 0.717) is 16.9 Å². The van der Waals surface area contributed by atoms with Gasteiger partial charge >= 0.3 is 11.6 Å². The molecule has 0 radical (unpaired) electrons. The molecule has 0 bridgehead atoms. The van der Waals surface area contributed by atoms with Gasteiger partial charge in [-0.15, -0.1) is 11.3 Å². The zero-order valence-electron chi connectivity index (χ0n) is 10.0. The van der Waals surface area contributed by atoms with E-state index in [1.807, 2.05) is 0 Å². The summed E-state index contributed by atoms with van der Waals surface area (Å²) in [7, 11) is 0. The molecule has 2 aromatic rings. The molecular weight excluding hydrogens is 350 g/mol. The first-order valence-electron chi connectivity index (χ1n) is 5.43. The number of halogens is 5. The number of thiazole rings is 1. The third kappa shape index (κ3) is 3.87. The Bertz CT molecular complexity index is 646. The van der Waals surface area contributed by atoms with Crippen molar-refractivity contribution in [3.8, 4) is 0 Å². The predicted molar refractivity (Wildman–Crippen MR) is 72.7 cm³/mol. The molecule has 0 saturated heterocycles. The highest BCUT2D eigenvalue weighted by atomic mass is 35.5. The Balaban J connectivity index is 2.55. The van der Waals surface area contributed by atoms with Crippen LogP contribution in [-0.4, -0.2) is 10.4 Å². The summed E-state index contributed by atoms with van der Waals surface area (Å²) in [6, 6.07) is 7.89. The number of benzene rings is 1. The smallest absolute Gasteiger partial charge is 0.434 e. The minimum atomic E-state index is -4.72. The second-order valence-electron chi connectivity index (χ2n) is 3.82. The minimum Gasteiger partial charge on any atom is -0.440 e. The number of carbonyl (C=O) groups excluding carboxylic acids is 1. The monoisotopic (exact) mass is 355 g/mol. The zero-order valence-corrected chi connectivity index (χ0v) is 12.4. The molecule has 0 aliphatic rings. The van der Waals surface area contributed by atoms with E-state index in [1.165, 1.54) is 12.1 Å². The van der Waals surface area contributed by atoms with Crippen LogP contribution < -0.4 is 0 Å². The summed E-state index contributed by atoms with van der Waals surface area (Å²) in [5.41, 5.74) is -2.08. The van der Waals surface area contributed by atoms with Gasteiger partial charge in [0.2, 0.25) is 0 Å². The molecule has 1 atom stereocenters. The Kier molecular flexibility index (Phi) is 4.75. The van der Waals surface area contributed by atoms with Crippen molar-refractivity contribution in [2.45, 2.75) is 12.3 Å². The van der Waals surface area contributed by atoms with Crippen molar-refractivity contribution in [3.05, 3.63) is 50.9 Å². The van der Waals surface area contributed by atoms with Gasteiger partial charge in [0.1, 0.15) is 0 Å². The summed E-state index contributed by atoms with van der Waals surface area (Å²) in [5, 5.41) is 0. The SMILES string of the molecule is O=C(Cl)OC(c1ccccc1)c1sc(Cl)nc1C(F)(F)F. The molecule has 3 nitrogen and oxygen atoms in total. The van der Waals surface area contributed by atoms with Crippen molar-refractivity contribution in [3.63, 3.8) is 0 Å². The van der Waals surface area contributed by atoms with Gasteiger partial charge in [-0.3, -0.25) is 0 Å². The molecule has 0 saturated carbocycles. The molecule has 0 N–H and O–H groups in total. The van der Waals surface area contributed by atoms with Gasteiger partial charge in [-0.25, -0.2) is 9.78 Å². The van der Waals surface area contributed by atoms with Crippen LogP contribution in [0.3, 0.4) is 0 Å². The normalized spacial score (nSPS) is 13.0. The van der Waals surface area contributed by atoms with Gasteiger partial charge < -0.3 is 4.74 Å². The number of carbonyl (C=O) groups is 1. The van der Waals surface area contributed by atoms with Crippen molar-refractivity contribution in [1.82, 2.24) is 4.98 Å².